The van der Waals surface area contributed by atoms with Gasteiger partial charge < -0.3 is 15.0 Å². The molecular formula is C26H27N3O5S. The van der Waals surface area contributed by atoms with E-state index in [4.69, 9.17) is 4.74 Å². The van der Waals surface area contributed by atoms with Crippen LogP contribution in [0.3, 0.4) is 0 Å². The van der Waals surface area contributed by atoms with Crippen molar-refractivity contribution in [3.05, 3.63) is 90.5 Å². The van der Waals surface area contributed by atoms with Gasteiger partial charge in [0.2, 0.25) is 15.9 Å². The first kappa shape index (κ1) is 24.4. The Labute approximate surface area is 205 Å². The Morgan fingerprint density at radius 1 is 0.971 bits per heavy atom. The Morgan fingerprint density at radius 3 is 2.29 bits per heavy atom. The van der Waals surface area contributed by atoms with Crippen LogP contribution in [-0.2, 0) is 26.2 Å². The smallest absolute Gasteiger partial charge is 0.263 e. The predicted octanol–water partition coefficient (Wildman–Crippen LogP) is 2.81. The highest BCUT2D eigenvalue weighted by Gasteiger charge is 2.35. The number of nitrogens with zero attached hydrogens (tertiary/aromatic N) is 2. The van der Waals surface area contributed by atoms with Gasteiger partial charge in [-0.05, 0) is 29.8 Å². The molecule has 2 amide bonds. The molecule has 0 fully saturated rings. The average Bonchev–Trinajstić information content (AvgIpc) is 2.90. The number of anilines is 1. The van der Waals surface area contributed by atoms with Gasteiger partial charge in [0, 0.05) is 13.1 Å². The molecule has 3 aromatic rings. The molecule has 1 N–H and O–H groups in total. The number of nitrogens with one attached hydrogen (secondary N) is 1. The van der Waals surface area contributed by atoms with E-state index in [1.165, 1.54) is 17.0 Å². The summed E-state index contributed by atoms with van der Waals surface area (Å²) in [5.74, 6) is -0.408. The van der Waals surface area contributed by atoms with Gasteiger partial charge in [-0.1, -0.05) is 67.6 Å². The first-order chi connectivity index (χ1) is 16.9. The third-order valence-electron chi connectivity index (χ3n) is 5.72. The van der Waals surface area contributed by atoms with Crippen molar-refractivity contribution < 1.29 is 22.7 Å². The van der Waals surface area contributed by atoms with Crippen molar-refractivity contribution in [3.8, 4) is 5.75 Å². The third kappa shape index (κ3) is 5.52. The van der Waals surface area contributed by atoms with E-state index in [2.05, 4.69) is 5.32 Å². The molecule has 0 unspecified atom stereocenters. The third-order valence-corrected chi connectivity index (χ3v) is 7.66. The van der Waals surface area contributed by atoms with Crippen molar-refractivity contribution in [3.63, 3.8) is 0 Å². The summed E-state index contributed by atoms with van der Waals surface area (Å²) in [5, 5.41) is 2.85. The lowest BCUT2D eigenvalue weighted by Gasteiger charge is -2.35. The summed E-state index contributed by atoms with van der Waals surface area (Å²) in [6.07, 6.45) is -0.932. The Hall–Kier alpha value is -3.69. The summed E-state index contributed by atoms with van der Waals surface area (Å²) in [7, 11) is -3.86. The van der Waals surface area contributed by atoms with Crippen LogP contribution in [0.15, 0.2) is 89.8 Å². The fourth-order valence-corrected chi connectivity index (χ4v) is 5.27. The SMILES string of the molecule is CCN(CC(=O)N1C[C@H](C(=O)NCc2ccccc2)Oc2ccccc21)S(=O)(=O)c1ccccc1. The summed E-state index contributed by atoms with van der Waals surface area (Å²) < 4.78 is 33.2. The zero-order valence-corrected chi connectivity index (χ0v) is 20.1. The van der Waals surface area contributed by atoms with Gasteiger partial charge in [0.1, 0.15) is 5.75 Å². The van der Waals surface area contributed by atoms with Gasteiger partial charge in [-0.2, -0.15) is 4.31 Å². The van der Waals surface area contributed by atoms with Crippen molar-refractivity contribution in [2.45, 2.75) is 24.5 Å². The van der Waals surface area contributed by atoms with E-state index in [-0.39, 0.29) is 30.4 Å². The minimum absolute atomic E-state index is 0.0284. The van der Waals surface area contributed by atoms with E-state index in [0.717, 1.165) is 9.87 Å². The lowest BCUT2D eigenvalue weighted by Crippen LogP contribution is -2.53. The molecule has 8 nitrogen and oxygen atoms in total. The van der Waals surface area contributed by atoms with E-state index in [1.54, 1.807) is 49.4 Å². The number of ether oxygens (including phenoxy) is 1. The standard InChI is InChI=1S/C26H27N3O5S/c1-2-28(35(32,33)21-13-7-4-8-14-21)19-25(30)29-18-24(34-23-16-10-9-15-22(23)29)26(31)27-17-20-11-5-3-6-12-20/h3-16,24H,2,17-19H2,1H3,(H,27,31)/t24-/m1/s1. The number of hydrogen-bond acceptors (Lipinski definition) is 5. The summed E-state index contributed by atoms with van der Waals surface area (Å²) in [5.41, 5.74) is 1.44. The van der Waals surface area contributed by atoms with Crippen LogP contribution in [0.4, 0.5) is 5.69 Å². The van der Waals surface area contributed by atoms with Crippen LogP contribution in [0.2, 0.25) is 0 Å². The number of rotatable bonds is 8. The fraction of sp³-hybridized carbons (Fsp3) is 0.231. The van der Waals surface area contributed by atoms with Crippen LogP contribution in [0.25, 0.3) is 0 Å². The summed E-state index contributed by atoms with van der Waals surface area (Å²) in [6.45, 7) is 1.74. The molecule has 0 aromatic heterocycles. The molecule has 4 rings (SSSR count). The van der Waals surface area contributed by atoms with Crippen molar-refractivity contribution >= 4 is 27.5 Å². The van der Waals surface area contributed by atoms with Gasteiger partial charge in [0.15, 0.2) is 6.10 Å². The Bertz CT molecular complexity index is 1280. The van der Waals surface area contributed by atoms with Gasteiger partial charge in [-0.3, -0.25) is 9.59 Å². The molecule has 0 bridgehead atoms. The minimum atomic E-state index is -3.86. The van der Waals surface area contributed by atoms with Gasteiger partial charge >= 0.3 is 0 Å². The maximum atomic E-state index is 13.4. The van der Waals surface area contributed by atoms with Gasteiger partial charge in [0.05, 0.1) is 23.7 Å². The monoisotopic (exact) mass is 493 g/mol. The van der Waals surface area contributed by atoms with Gasteiger partial charge in [-0.15, -0.1) is 0 Å². The number of hydrogen-bond donors (Lipinski definition) is 1. The molecule has 3 aromatic carbocycles. The number of sulfonamides is 1. The summed E-state index contributed by atoms with van der Waals surface area (Å²) in [4.78, 5) is 27.8. The average molecular weight is 494 g/mol. The van der Waals surface area contributed by atoms with E-state index in [0.29, 0.717) is 18.0 Å². The topological polar surface area (TPSA) is 96.0 Å². The number of fused-ring (bicyclic) bond motifs is 1. The maximum absolute atomic E-state index is 13.4. The number of carbonyl (C=O) groups is 2. The normalized spacial score (nSPS) is 15.3. The molecule has 0 saturated carbocycles. The fourth-order valence-electron chi connectivity index (χ4n) is 3.85. The van der Waals surface area contributed by atoms with Crippen LogP contribution in [0.1, 0.15) is 12.5 Å². The number of amides is 2. The van der Waals surface area contributed by atoms with Crippen LogP contribution in [0, 0.1) is 0 Å². The first-order valence-electron chi connectivity index (χ1n) is 11.3. The van der Waals surface area contributed by atoms with Crippen molar-refractivity contribution in [1.29, 1.82) is 0 Å². The molecule has 0 radical (unpaired) electrons. The van der Waals surface area contributed by atoms with Crippen molar-refractivity contribution in [2.75, 3.05) is 24.5 Å². The van der Waals surface area contributed by atoms with Crippen molar-refractivity contribution in [2.24, 2.45) is 0 Å². The van der Waals surface area contributed by atoms with E-state index in [1.807, 2.05) is 30.3 Å². The largest absolute Gasteiger partial charge is 0.477 e. The second-order valence-corrected chi connectivity index (χ2v) is 9.96. The van der Waals surface area contributed by atoms with E-state index in [9.17, 15) is 18.0 Å². The number of likely N-dealkylation sites (N-methyl/N-ethyl adjacent to an activating group) is 1. The molecule has 0 spiro atoms. The summed E-state index contributed by atoms with van der Waals surface area (Å²) in [6, 6.07) is 24.4. The number of carbonyl (C=O) groups excluding carboxylic acids is 2. The highest BCUT2D eigenvalue weighted by molar-refractivity contribution is 7.89. The second kappa shape index (κ2) is 10.7. The zero-order valence-electron chi connectivity index (χ0n) is 19.3. The molecule has 0 aliphatic carbocycles. The molecule has 0 saturated heterocycles. The molecule has 1 atom stereocenters. The Balaban J connectivity index is 1.52. The highest BCUT2D eigenvalue weighted by atomic mass is 32.2. The Morgan fingerprint density at radius 2 is 1.60 bits per heavy atom. The molecule has 1 aliphatic rings. The quantitative estimate of drug-likeness (QED) is 0.521. The Kier molecular flexibility index (Phi) is 7.48. The van der Waals surface area contributed by atoms with Crippen molar-refractivity contribution in [1.82, 2.24) is 9.62 Å². The van der Waals surface area contributed by atoms with Crippen LogP contribution in [0.5, 0.6) is 5.75 Å². The minimum Gasteiger partial charge on any atom is -0.477 e. The van der Waals surface area contributed by atoms with Gasteiger partial charge in [-0.25, -0.2) is 8.42 Å². The van der Waals surface area contributed by atoms with Crippen LogP contribution in [-0.4, -0.2) is 50.3 Å². The number of benzene rings is 3. The molecule has 1 aliphatic heterocycles. The highest BCUT2D eigenvalue weighted by Crippen LogP contribution is 2.33. The maximum Gasteiger partial charge on any atom is 0.263 e. The number of para-hydroxylation sites is 2. The first-order valence-corrected chi connectivity index (χ1v) is 12.8. The lowest BCUT2D eigenvalue weighted by atomic mass is 10.1. The second-order valence-electron chi connectivity index (χ2n) is 8.03. The van der Waals surface area contributed by atoms with Gasteiger partial charge in [0.25, 0.3) is 5.91 Å². The molecule has 182 valence electrons. The van der Waals surface area contributed by atoms with E-state index >= 15 is 0 Å². The molecular weight excluding hydrogens is 466 g/mol. The van der Waals surface area contributed by atoms with Crippen LogP contribution < -0.4 is 15.0 Å². The van der Waals surface area contributed by atoms with E-state index < -0.39 is 22.0 Å². The summed E-state index contributed by atoms with van der Waals surface area (Å²) >= 11 is 0. The predicted molar refractivity (Wildman–Crippen MR) is 132 cm³/mol. The lowest BCUT2D eigenvalue weighted by molar-refractivity contribution is -0.128. The molecule has 1 heterocycles. The molecule has 35 heavy (non-hydrogen) atoms. The van der Waals surface area contributed by atoms with Crippen LogP contribution >= 0.6 is 0 Å². The zero-order chi connectivity index (χ0) is 24.8. The molecule has 9 heteroatoms.